The molecular formula is C49H82O12S. The van der Waals surface area contributed by atoms with Crippen LogP contribution in [-0.4, -0.2) is 96.0 Å². The zero-order valence-electron chi connectivity index (χ0n) is 38.0. The molecule has 4 N–H and O–H groups in total. The second-order valence-corrected chi connectivity index (χ2v) is 17.7. The highest BCUT2D eigenvalue weighted by atomic mass is 32.2. The lowest BCUT2D eigenvalue weighted by Crippen LogP contribution is -2.60. The fourth-order valence-corrected chi connectivity index (χ4v) is 7.33. The number of ether oxygens (including phenoxy) is 4. The van der Waals surface area contributed by atoms with Gasteiger partial charge in [-0.2, -0.15) is 8.42 Å². The molecule has 1 fully saturated rings. The van der Waals surface area contributed by atoms with Crippen molar-refractivity contribution >= 4 is 22.1 Å². The third-order valence-electron chi connectivity index (χ3n) is 10.3. The number of rotatable bonds is 38. The molecular weight excluding hydrogens is 813 g/mol. The molecule has 0 spiro atoms. The summed E-state index contributed by atoms with van der Waals surface area (Å²) in [6, 6.07) is 0. The summed E-state index contributed by atoms with van der Waals surface area (Å²) in [6.45, 7) is 3.67. The Balaban J connectivity index is 2.48. The van der Waals surface area contributed by atoms with Crippen LogP contribution >= 0.6 is 0 Å². The Morgan fingerprint density at radius 1 is 0.597 bits per heavy atom. The Hall–Kier alpha value is -2.87. The normalized spacial score (nSPS) is 20.0. The third kappa shape index (κ3) is 32.8. The molecule has 0 radical (unpaired) electrons. The predicted molar refractivity (Wildman–Crippen MR) is 246 cm³/mol. The molecule has 0 aromatic heterocycles. The van der Waals surface area contributed by atoms with Crippen molar-refractivity contribution in [2.24, 2.45) is 0 Å². The van der Waals surface area contributed by atoms with E-state index in [1.165, 1.54) is 51.4 Å². The van der Waals surface area contributed by atoms with E-state index in [4.69, 9.17) is 18.9 Å². The average molecular weight is 895 g/mol. The van der Waals surface area contributed by atoms with Crippen molar-refractivity contribution in [3.8, 4) is 0 Å². The van der Waals surface area contributed by atoms with Gasteiger partial charge in [0.05, 0.1) is 6.61 Å². The van der Waals surface area contributed by atoms with E-state index in [2.05, 4.69) is 80.3 Å². The number of carbonyl (C=O) groups excluding carboxylic acids is 2. The molecule has 1 heterocycles. The van der Waals surface area contributed by atoms with Gasteiger partial charge in [0, 0.05) is 12.8 Å². The summed E-state index contributed by atoms with van der Waals surface area (Å²) in [5.41, 5.74) is 3.28. The number of esters is 2. The van der Waals surface area contributed by atoms with Gasteiger partial charge in [-0.05, 0) is 95.6 Å². The minimum absolute atomic E-state index is 0.119. The summed E-state index contributed by atoms with van der Waals surface area (Å²) in [4.78, 5) is 25.4. The van der Waals surface area contributed by atoms with Crippen LogP contribution in [0.25, 0.3) is 0 Å². The van der Waals surface area contributed by atoms with E-state index in [0.717, 1.165) is 83.5 Å². The van der Waals surface area contributed by atoms with Gasteiger partial charge in [0.2, 0.25) is 0 Å². The van der Waals surface area contributed by atoms with E-state index in [1.807, 2.05) is 0 Å². The Bertz CT molecular complexity index is 1430. The average Bonchev–Trinajstić information content (AvgIpc) is 3.24. The van der Waals surface area contributed by atoms with E-state index in [9.17, 15) is 37.9 Å². The van der Waals surface area contributed by atoms with Crippen LogP contribution in [0.4, 0.5) is 0 Å². The summed E-state index contributed by atoms with van der Waals surface area (Å²) in [6.07, 6.45) is 36.1. The molecule has 1 aliphatic rings. The van der Waals surface area contributed by atoms with Gasteiger partial charge < -0.3 is 34.3 Å². The highest BCUT2D eigenvalue weighted by Gasteiger charge is 2.46. The molecule has 0 amide bonds. The lowest BCUT2D eigenvalue weighted by molar-refractivity contribution is -0.297. The first-order valence-corrected chi connectivity index (χ1v) is 25.2. The van der Waals surface area contributed by atoms with E-state index in [-0.39, 0.29) is 19.4 Å². The SMILES string of the molecule is CCCCC/C=C/C/C=C/C/C=C/C/C=C/CCCCCC(=O)O[C@H](COC(=O)CCCCCCCC=C=CCCCCCCC)CO[C@H]1O[C@H](CS(=O)(=O)O)[C@@H](O)C(O)C1O. The summed E-state index contributed by atoms with van der Waals surface area (Å²) in [5.74, 6) is -2.06. The molecule has 0 bridgehead atoms. The first-order chi connectivity index (χ1) is 30.0. The molecule has 0 aromatic rings. The topological polar surface area (TPSA) is 186 Å². The molecule has 1 aliphatic heterocycles. The molecule has 356 valence electrons. The highest BCUT2D eigenvalue weighted by Crippen LogP contribution is 2.24. The minimum Gasteiger partial charge on any atom is -0.462 e. The number of unbranched alkanes of at least 4 members (excludes halogenated alkanes) is 16. The number of hydrogen-bond donors (Lipinski definition) is 4. The van der Waals surface area contributed by atoms with Gasteiger partial charge in [-0.3, -0.25) is 14.1 Å². The largest absolute Gasteiger partial charge is 0.462 e. The fraction of sp³-hybridized carbons (Fsp3) is 0.735. The molecule has 6 atom stereocenters. The number of carbonyl (C=O) groups is 2. The Labute approximate surface area is 374 Å². The molecule has 62 heavy (non-hydrogen) atoms. The maximum Gasteiger partial charge on any atom is 0.306 e. The third-order valence-corrected chi connectivity index (χ3v) is 11.1. The van der Waals surface area contributed by atoms with Crippen molar-refractivity contribution < 1.29 is 56.8 Å². The van der Waals surface area contributed by atoms with E-state index >= 15 is 0 Å². The van der Waals surface area contributed by atoms with Gasteiger partial charge in [-0.1, -0.05) is 127 Å². The molecule has 12 nitrogen and oxygen atoms in total. The van der Waals surface area contributed by atoms with Crippen molar-refractivity contribution in [2.45, 2.75) is 211 Å². The quantitative estimate of drug-likeness (QED) is 0.0151. The van der Waals surface area contributed by atoms with Crippen LogP contribution in [0.1, 0.15) is 174 Å². The van der Waals surface area contributed by atoms with Crippen molar-refractivity contribution in [3.63, 3.8) is 0 Å². The molecule has 0 aromatic carbocycles. The van der Waals surface area contributed by atoms with Crippen molar-refractivity contribution in [3.05, 3.63) is 66.5 Å². The molecule has 13 heteroatoms. The number of aliphatic hydroxyl groups excluding tert-OH is 3. The molecule has 1 rings (SSSR count). The van der Waals surface area contributed by atoms with Crippen LogP contribution in [0.3, 0.4) is 0 Å². The van der Waals surface area contributed by atoms with Gasteiger partial charge in [-0.15, -0.1) is 5.73 Å². The Kier molecular flexibility index (Phi) is 35.6. The van der Waals surface area contributed by atoms with Gasteiger partial charge in [-0.25, -0.2) is 0 Å². The minimum atomic E-state index is -4.61. The van der Waals surface area contributed by atoms with Gasteiger partial charge in [0.15, 0.2) is 12.4 Å². The van der Waals surface area contributed by atoms with Crippen molar-refractivity contribution in [2.75, 3.05) is 19.0 Å². The summed E-state index contributed by atoms with van der Waals surface area (Å²) in [7, 11) is -4.61. The van der Waals surface area contributed by atoms with Crippen LogP contribution in [0.15, 0.2) is 66.5 Å². The number of hydrogen-bond acceptors (Lipinski definition) is 11. The van der Waals surface area contributed by atoms with Gasteiger partial charge >= 0.3 is 11.9 Å². The monoisotopic (exact) mass is 895 g/mol. The van der Waals surface area contributed by atoms with E-state index in [0.29, 0.717) is 12.8 Å². The maximum atomic E-state index is 12.8. The van der Waals surface area contributed by atoms with Crippen LogP contribution < -0.4 is 0 Å². The highest BCUT2D eigenvalue weighted by molar-refractivity contribution is 7.85. The number of allylic oxidation sites excluding steroid dienone is 9. The van der Waals surface area contributed by atoms with Crippen LogP contribution in [0.2, 0.25) is 0 Å². The standard InChI is InChI=1S/C49H82O12S/c1-3-5-7-9-11-13-15-17-19-20-21-22-24-26-28-30-32-34-36-38-45(51)60-42(40-59-49-48(54)47(53)46(52)43(61-49)41-62(55,56)57)39-58-44(50)37-35-33-31-29-27-25-23-18-16-14-12-10-8-6-4-2/h11,13,16-17,19,21-23,26,28,42-43,46-49,52-54H,3-10,12,14-15,20,24-25,27,29-41H2,1-2H3,(H,55,56,57)/b13-11+,19-17+,22-21+,28-26+/t18?,42-,43-,46-,47?,48?,49+/m1/s1. The summed E-state index contributed by atoms with van der Waals surface area (Å²) >= 11 is 0. The van der Waals surface area contributed by atoms with E-state index in [1.54, 1.807) is 0 Å². The summed E-state index contributed by atoms with van der Waals surface area (Å²) < 4.78 is 54.1. The number of aliphatic hydroxyl groups is 3. The molecule has 1 saturated heterocycles. The van der Waals surface area contributed by atoms with Crippen LogP contribution in [0, 0.1) is 0 Å². The fourth-order valence-electron chi connectivity index (χ4n) is 6.64. The zero-order chi connectivity index (χ0) is 45.5. The summed E-state index contributed by atoms with van der Waals surface area (Å²) in [5, 5.41) is 30.9. The molecule has 0 aliphatic carbocycles. The van der Waals surface area contributed by atoms with E-state index < -0.39 is 71.2 Å². The van der Waals surface area contributed by atoms with Gasteiger partial charge in [0.25, 0.3) is 10.1 Å². The second kappa shape index (κ2) is 38.6. The maximum absolute atomic E-state index is 12.8. The smallest absolute Gasteiger partial charge is 0.306 e. The van der Waals surface area contributed by atoms with Crippen molar-refractivity contribution in [1.82, 2.24) is 0 Å². The first-order valence-electron chi connectivity index (χ1n) is 23.6. The second-order valence-electron chi connectivity index (χ2n) is 16.2. The molecule has 0 saturated carbocycles. The Morgan fingerprint density at radius 2 is 1.06 bits per heavy atom. The lowest BCUT2D eigenvalue weighted by Gasteiger charge is -2.40. The molecule has 2 unspecified atom stereocenters. The lowest BCUT2D eigenvalue weighted by atomic mass is 10.00. The van der Waals surface area contributed by atoms with Gasteiger partial charge in [0.1, 0.15) is 36.8 Å². The predicted octanol–water partition coefficient (Wildman–Crippen LogP) is 9.88. The Morgan fingerprint density at radius 3 is 1.65 bits per heavy atom. The first kappa shape index (κ1) is 57.1. The zero-order valence-corrected chi connectivity index (χ0v) is 38.8. The van der Waals surface area contributed by atoms with Crippen LogP contribution in [-0.2, 0) is 38.7 Å². The van der Waals surface area contributed by atoms with Crippen molar-refractivity contribution in [1.29, 1.82) is 0 Å². The van der Waals surface area contributed by atoms with Crippen LogP contribution in [0.5, 0.6) is 0 Å².